The fourth-order valence-electron chi connectivity index (χ4n) is 3.39. The zero-order chi connectivity index (χ0) is 21.8. The lowest BCUT2D eigenvalue weighted by molar-refractivity contribution is -0.387. The summed E-state index contributed by atoms with van der Waals surface area (Å²) in [6, 6.07) is 17.5. The molecule has 0 spiro atoms. The molecule has 1 amide bonds. The van der Waals surface area contributed by atoms with Crippen molar-refractivity contribution in [1.82, 2.24) is 9.88 Å². The predicted molar refractivity (Wildman–Crippen MR) is 121 cm³/mol. The summed E-state index contributed by atoms with van der Waals surface area (Å²) < 4.78 is 0. The molecule has 4 rings (SSSR count). The van der Waals surface area contributed by atoms with Gasteiger partial charge in [0.15, 0.2) is 0 Å². The first-order valence-corrected chi connectivity index (χ1v) is 10.9. The van der Waals surface area contributed by atoms with Crippen LogP contribution in [0.4, 0.5) is 11.4 Å². The highest BCUT2D eigenvalue weighted by Gasteiger charge is 2.24. The monoisotopic (exact) mass is 454 g/mol. The van der Waals surface area contributed by atoms with Gasteiger partial charge in [0.2, 0.25) is 0 Å². The van der Waals surface area contributed by atoms with Crippen molar-refractivity contribution in [3.05, 3.63) is 87.6 Å². The van der Waals surface area contributed by atoms with E-state index in [0.717, 1.165) is 5.69 Å². The lowest BCUT2D eigenvalue weighted by atomic mass is 10.1. The number of nitrogens with zero attached hydrogens (tertiary/aromatic N) is 4. The Morgan fingerprint density at radius 3 is 2.42 bits per heavy atom. The third kappa shape index (κ3) is 4.98. The maximum Gasteiger partial charge on any atom is 0.283 e. The molecule has 2 heterocycles. The number of aromatic nitrogens is 1. The van der Waals surface area contributed by atoms with Crippen molar-refractivity contribution >= 4 is 40.6 Å². The maximum absolute atomic E-state index is 12.7. The Balaban J connectivity index is 1.48. The van der Waals surface area contributed by atoms with E-state index in [1.54, 1.807) is 42.6 Å². The summed E-state index contributed by atoms with van der Waals surface area (Å²) in [5, 5.41) is 12.8. The van der Waals surface area contributed by atoms with Gasteiger partial charge in [0.05, 0.1) is 9.82 Å². The second kappa shape index (κ2) is 9.36. The molecule has 3 aromatic rings. The summed E-state index contributed by atoms with van der Waals surface area (Å²) >= 11 is 7.17. The van der Waals surface area contributed by atoms with Crippen molar-refractivity contribution in [2.24, 2.45) is 0 Å². The van der Waals surface area contributed by atoms with Gasteiger partial charge in [0, 0.05) is 54.7 Å². The fraction of sp³-hybridized carbons (Fsp3) is 0.182. The zero-order valence-corrected chi connectivity index (χ0v) is 18.1. The fourth-order valence-corrected chi connectivity index (χ4v) is 4.43. The van der Waals surface area contributed by atoms with Gasteiger partial charge in [-0.05, 0) is 48.5 Å². The summed E-state index contributed by atoms with van der Waals surface area (Å²) in [4.78, 5) is 32.6. The predicted octanol–water partition coefficient (Wildman–Crippen LogP) is 4.76. The lowest BCUT2D eigenvalue weighted by Crippen LogP contribution is -2.48. The molecule has 0 atom stereocenters. The molecule has 1 saturated heterocycles. The minimum Gasteiger partial charge on any atom is -0.368 e. The normalized spacial score (nSPS) is 13.8. The van der Waals surface area contributed by atoms with Crippen molar-refractivity contribution < 1.29 is 9.72 Å². The van der Waals surface area contributed by atoms with Crippen molar-refractivity contribution in [3.63, 3.8) is 0 Å². The third-order valence-electron chi connectivity index (χ3n) is 5.02. The van der Waals surface area contributed by atoms with Crippen LogP contribution in [-0.2, 0) is 0 Å². The molecule has 7 nitrogen and oxygen atoms in total. The van der Waals surface area contributed by atoms with Gasteiger partial charge in [0.1, 0.15) is 5.03 Å². The first-order chi connectivity index (χ1) is 15.0. The van der Waals surface area contributed by atoms with Gasteiger partial charge in [-0.25, -0.2) is 4.98 Å². The molecule has 31 heavy (non-hydrogen) atoms. The molecule has 1 fully saturated rings. The Morgan fingerprint density at radius 1 is 1.03 bits per heavy atom. The van der Waals surface area contributed by atoms with E-state index in [2.05, 4.69) is 9.88 Å². The second-order valence-electron chi connectivity index (χ2n) is 6.97. The van der Waals surface area contributed by atoms with Gasteiger partial charge in [-0.15, -0.1) is 0 Å². The van der Waals surface area contributed by atoms with Crippen LogP contribution in [0.3, 0.4) is 0 Å². The molecule has 0 bridgehead atoms. The van der Waals surface area contributed by atoms with Crippen molar-refractivity contribution in [2.45, 2.75) is 9.92 Å². The van der Waals surface area contributed by atoms with Crippen LogP contribution in [0.15, 0.2) is 76.8 Å². The van der Waals surface area contributed by atoms with Crippen LogP contribution < -0.4 is 4.90 Å². The van der Waals surface area contributed by atoms with Gasteiger partial charge in [-0.1, -0.05) is 29.4 Å². The molecule has 1 aromatic heterocycles. The summed E-state index contributed by atoms with van der Waals surface area (Å²) in [7, 11) is 0. The summed E-state index contributed by atoms with van der Waals surface area (Å²) in [5.74, 6) is -0.0218. The first kappa shape index (κ1) is 21.1. The average molecular weight is 455 g/mol. The Hall–Kier alpha value is -3.10. The number of nitro benzene ring substituents is 1. The van der Waals surface area contributed by atoms with E-state index >= 15 is 0 Å². The van der Waals surface area contributed by atoms with Gasteiger partial charge >= 0.3 is 0 Å². The van der Waals surface area contributed by atoms with Crippen molar-refractivity contribution in [3.8, 4) is 0 Å². The number of hydrogen-bond donors (Lipinski definition) is 0. The molecule has 9 heteroatoms. The highest BCUT2D eigenvalue weighted by atomic mass is 35.5. The summed E-state index contributed by atoms with van der Waals surface area (Å²) in [6.07, 6.45) is 1.66. The number of rotatable bonds is 5. The van der Waals surface area contributed by atoms with Crippen LogP contribution in [0.5, 0.6) is 0 Å². The number of nitro groups is 1. The van der Waals surface area contributed by atoms with E-state index in [1.165, 1.54) is 17.8 Å². The number of piperazine rings is 1. The van der Waals surface area contributed by atoms with Crippen LogP contribution in [0.1, 0.15) is 10.4 Å². The van der Waals surface area contributed by atoms with Crippen LogP contribution in [0, 0.1) is 10.1 Å². The summed E-state index contributed by atoms with van der Waals surface area (Å²) in [6.45, 7) is 2.43. The Bertz CT molecular complexity index is 1090. The minimum atomic E-state index is -0.377. The van der Waals surface area contributed by atoms with Crippen molar-refractivity contribution in [1.29, 1.82) is 0 Å². The van der Waals surface area contributed by atoms with E-state index in [0.29, 0.717) is 46.7 Å². The standard InChI is InChI=1S/C22H19ClN4O3S/c23-17-6-4-16(5-7-17)22(28)26-13-11-25(12-14-26)18-8-9-19(27(29)30)20(15-18)31-21-3-1-2-10-24-21/h1-10,15H,11-14H2. The minimum absolute atomic E-state index is 0.0218. The molecule has 1 aliphatic rings. The van der Waals surface area contributed by atoms with Gasteiger partial charge < -0.3 is 9.80 Å². The van der Waals surface area contributed by atoms with Gasteiger partial charge in [-0.3, -0.25) is 14.9 Å². The Kier molecular flexibility index (Phi) is 6.39. The van der Waals surface area contributed by atoms with Crippen LogP contribution in [0.2, 0.25) is 5.02 Å². The molecular weight excluding hydrogens is 436 g/mol. The molecule has 0 saturated carbocycles. The molecule has 0 N–H and O–H groups in total. The number of hydrogen-bond acceptors (Lipinski definition) is 6. The van der Waals surface area contributed by atoms with E-state index < -0.39 is 0 Å². The van der Waals surface area contributed by atoms with Crippen LogP contribution in [-0.4, -0.2) is 46.9 Å². The van der Waals surface area contributed by atoms with E-state index in [9.17, 15) is 14.9 Å². The number of anilines is 1. The maximum atomic E-state index is 12.7. The molecule has 0 radical (unpaired) electrons. The Labute approximate surface area is 188 Å². The summed E-state index contributed by atoms with van der Waals surface area (Å²) in [5.41, 5.74) is 1.56. The van der Waals surface area contributed by atoms with Crippen molar-refractivity contribution in [2.75, 3.05) is 31.1 Å². The highest BCUT2D eigenvalue weighted by Crippen LogP contribution is 2.36. The number of carbonyl (C=O) groups is 1. The molecule has 0 unspecified atom stereocenters. The van der Waals surface area contributed by atoms with Gasteiger partial charge in [-0.2, -0.15) is 0 Å². The number of carbonyl (C=O) groups excluding carboxylic acids is 1. The molecule has 1 aliphatic heterocycles. The van der Waals surface area contributed by atoms with E-state index in [1.807, 2.05) is 23.1 Å². The quantitative estimate of drug-likeness (QED) is 0.408. The van der Waals surface area contributed by atoms with E-state index in [4.69, 9.17) is 11.6 Å². The molecule has 158 valence electrons. The number of pyridine rings is 1. The zero-order valence-electron chi connectivity index (χ0n) is 16.5. The third-order valence-corrected chi connectivity index (χ3v) is 6.27. The number of benzene rings is 2. The van der Waals surface area contributed by atoms with Crippen LogP contribution >= 0.6 is 23.4 Å². The molecular formula is C22H19ClN4O3S. The molecule has 0 aliphatic carbocycles. The van der Waals surface area contributed by atoms with E-state index in [-0.39, 0.29) is 16.5 Å². The topological polar surface area (TPSA) is 79.6 Å². The molecule has 2 aromatic carbocycles. The highest BCUT2D eigenvalue weighted by molar-refractivity contribution is 7.99. The first-order valence-electron chi connectivity index (χ1n) is 9.68. The average Bonchev–Trinajstić information content (AvgIpc) is 2.80. The number of halogens is 1. The lowest BCUT2D eigenvalue weighted by Gasteiger charge is -2.36. The largest absolute Gasteiger partial charge is 0.368 e. The SMILES string of the molecule is O=C(c1ccc(Cl)cc1)N1CCN(c2ccc([N+](=O)[O-])c(Sc3ccccn3)c2)CC1. The Morgan fingerprint density at radius 2 is 1.77 bits per heavy atom. The van der Waals surface area contributed by atoms with Crippen LogP contribution in [0.25, 0.3) is 0 Å². The van der Waals surface area contributed by atoms with Gasteiger partial charge in [0.25, 0.3) is 11.6 Å². The second-order valence-corrected chi connectivity index (χ2v) is 8.46. The number of amides is 1. The smallest absolute Gasteiger partial charge is 0.283 e.